The van der Waals surface area contributed by atoms with Crippen molar-refractivity contribution in [1.82, 2.24) is 9.78 Å². The van der Waals surface area contributed by atoms with Gasteiger partial charge in [-0.1, -0.05) is 49.6 Å². The molecule has 0 bridgehead atoms. The first-order valence-corrected chi connectivity index (χ1v) is 9.59. The Labute approximate surface area is 144 Å². The van der Waals surface area contributed by atoms with Crippen molar-refractivity contribution in [2.75, 3.05) is 11.1 Å². The number of thioether (sulfide) groups is 1. The van der Waals surface area contributed by atoms with Crippen LogP contribution in [0.1, 0.15) is 54.5 Å². The molecule has 1 aromatic carbocycles. The van der Waals surface area contributed by atoms with E-state index in [1.54, 1.807) is 0 Å². The Balaban J connectivity index is 1.82. The highest BCUT2D eigenvalue weighted by Gasteiger charge is 2.32. The first-order chi connectivity index (χ1) is 11.7. The number of nitrogens with zero attached hydrogens (tertiary/aromatic N) is 1. The van der Waals surface area contributed by atoms with Gasteiger partial charge in [-0.25, -0.2) is 0 Å². The Kier molecular flexibility index (Phi) is 4.22. The first-order valence-electron chi connectivity index (χ1n) is 8.55. The zero-order valence-corrected chi connectivity index (χ0v) is 14.3. The van der Waals surface area contributed by atoms with E-state index in [0.717, 1.165) is 18.4 Å². The minimum absolute atomic E-state index is 0.0387. The smallest absolute Gasteiger partial charge is 0.270 e. The summed E-state index contributed by atoms with van der Waals surface area (Å²) in [5.41, 5.74) is 1.66. The molecule has 1 aliphatic carbocycles. The Morgan fingerprint density at radius 2 is 1.79 bits per heavy atom. The Morgan fingerprint density at radius 1 is 1.04 bits per heavy atom. The molecule has 126 valence electrons. The van der Waals surface area contributed by atoms with Gasteiger partial charge in [0.2, 0.25) is 5.91 Å². The number of carbonyl (C=O) groups excluding carboxylic acids is 1. The summed E-state index contributed by atoms with van der Waals surface area (Å²) in [5, 5.41) is 5.87. The summed E-state index contributed by atoms with van der Waals surface area (Å²) in [6, 6.07) is 10.2. The van der Waals surface area contributed by atoms with Crippen LogP contribution in [0.5, 0.6) is 0 Å². The highest BCUT2D eigenvalue weighted by molar-refractivity contribution is 8.00. The van der Waals surface area contributed by atoms with Crippen LogP contribution in [0.25, 0.3) is 0 Å². The number of hydrogen-bond donors (Lipinski definition) is 2. The predicted octanol–water partition coefficient (Wildman–Crippen LogP) is 3.46. The van der Waals surface area contributed by atoms with Crippen LogP contribution >= 0.6 is 11.8 Å². The number of rotatable bonds is 2. The van der Waals surface area contributed by atoms with Crippen LogP contribution in [-0.2, 0) is 4.79 Å². The highest BCUT2D eigenvalue weighted by Crippen LogP contribution is 2.41. The van der Waals surface area contributed by atoms with Crippen molar-refractivity contribution in [2.45, 2.75) is 43.4 Å². The average molecular weight is 343 g/mol. The summed E-state index contributed by atoms with van der Waals surface area (Å²) in [6.45, 7) is 0. The van der Waals surface area contributed by atoms with Crippen molar-refractivity contribution in [3.63, 3.8) is 0 Å². The van der Waals surface area contributed by atoms with Gasteiger partial charge >= 0.3 is 0 Å². The second-order valence-corrected chi connectivity index (χ2v) is 7.61. The van der Waals surface area contributed by atoms with Gasteiger partial charge in [-0.2, -0.15) is 0 Å². The fourth-order valence-electron chi connectivity index (χ4n) is 3.75. The van der Waals surface area contributed by atoms with Crippen molar-refractivity contribution in [3.05, 3.63) is 51.8 Å². The van der Waals surface area contributed by atoms with Crippen molar-refractivity contribution in [1.29, 1.82) is 0 Å². The van der Waals surface area contributed by atoms with Crippen LogP contribution in [0.3, 0.4) is 0 Å². The molecule has 24 heavy (non-hydrogen) atoms. The fourth-order valence-corrected chi connectivity index (χ4v) is 4.87. The molecule has 1 amide bonds. The van der Waals surface area contributed by atoms with E-state index in [9.17, 15) is 9.59 Å². The van der Waals surface area contributed by atoms with Crippen LogP contribution in [0.15, 0.2) is 35.1 Å². The van der Waals surface area contributed by atoms with Crippen LogP contribution in [0.4, 0.5) is 5.82 Å². The number of hydrogen-bond acceptors (Lipinski definition) is 3. The molecule has 0 spiro atoms. The van der Waals surface area contributed by atoms with Gasteiger partial charge in [-0.05, 0) is 18.4 Å². The number of carbonyl (C=O) groups is 1. The number of fused-ring (bicyclic) bond motifs is 1. The Bertz CT molecular complexity index is 790. The van der Waals surface area contributed by atoms with E-state index in [-0.39, 0.29) is 22.8 Å². The minimum atomic E-state index is -0.117. The molecule has 1 atom stereocenters. The molecule has 2 heterocycles. The zero-order chi connectivity index (χ0) is 16.5. The number of benzene rings is 1. The number of aromatic nitrogens is 2. The van der Waals surface area contributed by atoms with E-state index in [0.29, 0.717) is 17.1 Å². The third-order valence-electron chi connectivity index (χ3n) is 4.91. The molecule has 1 fully saturated rings. The summed E-state index contributed by atoms with van der Waals surface area (Å²) in [5.74, 6) is 0.997. The molecule has 0 saturated heterocycles. The van der Waals surface area contributed by atoms with Gasteiger partial charge in [0.15, 0.2) is 0 Å². The summed E-state index contributed by atoms with van der Waals surface area (Å²) >= 11 is 1.52. The van der Waals surface area contributed by atoms with Crippen LogP contribution < -0.4 is 10.9 Å². The summed E-state index contributed by atoms with van der Waals surface area (Å²) < 4.78 is 1.93. The van der Waals surface area contributed by atoms with Crippen LogP contribution in [-0.4, -0.2) is 21.4 Å². The first kappa shape index (κ1) is 15.6. The van der Waals surface area contributed by atoms with Gasteiger partial charge in [0.05, 0.1) is 22.6 Å². The minimum Gasteiger partial charge on any atom is -0.310 e. The van der Waals surface area contributed by atoms with Gasteiger partial charge < -0.3 is 5.32 Å². The summed E-state index contributed by atoms with van der Waals surface area (Å²) in [7, 11) is 0. The zero-order valence-electron chi connectivity index (χ0n) is 13.5. The van der Waals surface area contributed by atoms with Crippen molar-refractivity contribution in [3.8, 4) is 0 Å². The molecule has 5 nitrogen and oxygen atoms in total. The van der Waals surface area contributed by atoms with Crippen molar-refractivity contribution < 1.29 is 4.79 Å². The predicted molar refractivity (Wildman–Crippen MR) is 96.5 cm³/mol. The highest BCUT2D eigenvalue weighted by atomic mass is 32.2. The third-order valence-corrected chi connectivity index (χ3v) is 6.18. The van der Waals surface area contributed by atoms with Gasteiger partial charge in [0, 0.05) is 0 Å². The molecule has 1 saturated carbocycles. The monoisotopic (exact) mass is 343 g/mol. The quantitative estimate of drug-likeness (QED) is 0.877. The molecule has 2 N–H and O–H groups in total. The average Bonchev–Trinajstić information content (AvgIpc) is 2.83. The number of nitrogens with one attached hydrogen (secondary N) is 2. The Morgan fingerprint density at radius 3 is 2.54 bits per heavy atom. The number of anilines is 1. The maximum Gasteiger partial charge on any atom is 0.270 e. The van der Waals surface area contributed by atoms with E-state index in [2.05, 4.69) is 10.4 Å². The fraction of sp³-hybridized carbons (Fsp3) is 0.444. The SMILES string of the molecule is O=C1CS[C@@H](c2ccccc2)c2c(n(C3CCCCC3)[nH]c2=O)N1. The number of amides is 1. The van der Waals surface area contributed by atoms with Gasteiger partial charge in [0.25, 0.3) is 5.56 Å². The number of aromatic amines is 1. The summed E-state index contributed by atoms with van der Waals surface area (Å²) in [6.07, 6.45) is 5.69. The lowest BCUT2D eigenvalue weighted by atomic mass is 9.95. The third kappa shape index (κ3) is 2.79. The van der Waals surface area contributed by atoms with Crippen LogP contribution in [0, 0.1) is 0 Å². The molecule has 6 heteroatoms. The van der Waals surface area contributed by atoms with Crippen molar-refractivity contribution >= 4 is 23.5 Å². The standard InChI is InChI=1S/C18H21N3O2S/c22-14-11-24-16(12-7-3-1-4-8-12)15-17(19-14)21(20-18(15)23)13-9-5-2-6-10-13/h1,3-4,7-8,13,16H,2,5-6,9-11H2,(H,19,22)(H,20,23)/t16-/m0/s1. The van der Waals surface area contributed by atoms with Gasteiger partial charge in [-0.3, -0.25) is 19.4 Å². The van der Waals surface area contributed by atoms with Gasteiger partial charge in [0.1, 0.15) is 5.82 Å². The summed E-state index contributed by atoms with van der Waals surface area (Å²) in [4.78, 5) is 24.9. The topological polar surface area (TPSA) is 66.9 Å². The lowest BCUT2D eigenvalue weighted by Gasteiger charge is -2.24. The van der Waals surface area contributed by atoms with E-state index in [1.807, 2.05) is 35.0 Å². The van der Waals surface area contributed by atoms with E-state index < -0.39 is 0 Å². The maximum absolute atomic E-state index is 12.7. The molecular formula is C18H21N3O2S. The molecular weight excluding hydrogens is 322 g/mol. The second kappa shape index (κ2) is 6.51. The molecule has 1 aromatic heterocycles. The van der Waals surface area contributed by atoms with Crippen molar-refractivity contribution in [2.24, 2.45) is 0 Å². The largest absolute Gasteiger partial charge is 0.310 e. The van der Waals surface area contributed by atoms with E-state index in [1.165, 1.54) is 31.0 Å². The molecule has 2 aliphatic rings. The van der Waals surface area contributed by atoms with Gasteiger partial charge in [-0.15, -0.1) is 11.8 Å². The van der Waals surface area contributed by atoms with Crippen LogP contribution in [0.2, 0.25) is 0 Å². The molecule has 2 aromatic rings. The van der Waals surface area contributed by atoms with E-state index >= 15 is 0 Å². The lowest BCUT2D eigenvalue weighted by Crippen LogP contribution is -2.21. The second-order valence-electron chi connectivity index (χ2n) is 6.51. The Hall–Kier alpha value is -1.95. The van der Waals surface area contributed by atoms with E-state index in [4.69, 9.17) is 0 Å². The molecule has 1 aliphatic heterocycles. The normalized spacial score (nSPS) is 21.8. The number of H-pyrrole nitrogens is 1. The molecule has 0 radical (unpaired) electrons. The molecule has 4 rings (SSSR count). The molecule has 0 unspecified atom stereocenters. The lowest BCUT2D eigenvalue weighted by molar-refractivity contribution is -0.113. The maximum atomic E-state index is 12.7.